The molecule has 1 rings (SSSR count). The van der Waals surface area contributed by atoms with Gasteiger partial charge in [0.15, 0.2) is 0 Å². The zero-order valence-corrected chi connectivity index (χ0v) is 9.61. The molecule has 1 saturated carbocycles. The molecule has 12 heavy (non-hydrogen) atoms. The molecule has 0 N–H and O–H groups in total. The van der Waals surface area contributed by atoms with Crippen LogP contribution in [0.3, 0.4) is 0 Å². The topological polar surface area (TPSA) is 0 Å². The Bertz CT molecular complexity index is 103. The largest absolute Gasteiger partial charge is 0.0683 e. The van der Waals surface area contributed by atoms with Crippen LogP contribution in [-0.4, -0.2) is 0 Å². The summed E-state index contributed by atoms with van der Waals surface area (Å²) >= 11 is 0. The van der Waals surface area contributed by atoms with Crippen molar-refractivity contribution in [2.24, 2.45) is 11.3 Å². The maximum Gasteiger partial charge on any atom is -0.0323 e. The van der Waals surface area contributed by atoms with E-state index in [1.165, 1.54) is 32.1 Å². The molecule has 2 unspecified atom stereocenters. The summed E-state index contributed by atoms with van der Waals surface area (Å²) in [6.07, 6.45) is 7.22. The summed E-state index contributed by atoms with van der Waals surface area (Å²) in [7, 11) is 0. The average molecular weight is 170 g/mol. The lowest BCUT2D eigenvalue weighted by Gasteiger charge is -2.22. The molecule has 0 heteroatoms. The Morgan fingerprint density at radius 1 is 1.33 bits per heavy atom. The van der Waals surface area contributed by atoms with Gasteiger partial charge in [0.1, 0.15) is 0 Å². The fourth-order valence-electron chi connectivity index (χ4n) is 2.47. The maximum atomic E-state index is 2.46. The third-order valence-corrected chi connectivity index (χ3v) is 2.94. The predicted molar refractivity (Wildman–Crippen MR) is 57.4 cm³/mol. The molecule has 0 aromatic carbocycles. The van der Waals surface area contributed by atoms with E-state index in [4.69, 9.17) is 0 Å². The lowest BCUT2D eigenvalue weighted by atomic mass is 9.83. The first-order valence-corrected chi connectivity index (χ1v) is 5.66. The normalized spacial score (nSPS) is 34.2. The van der Waals surface area contributed by atoms with Crippen LogP contribution in [0.5, 0.6) is 0 Å². The summed E-state index contributed by atoms with van der Waals surface area (Å²) in [5.41, 5.74) is 0.716. The van der Waals surface area contributed by atoms with E-state index in [1.54, 1.807) is 0 Å². The predicted octanol–water partition coefficient (Wildman–Crippen LogP) is 4.64. The Kier molecular flexibility index (Phi) is 5.61. The molecule has 0 nitrogen and oxygen atoms in total. The van der Waals surface area contributed by atoms with Crippen LogP contribution in [0.15, 0.2) is 0 Å². The van der Waals surface area contributed by atoms with E-state index in [0.717, 1.165) is 5.92 Å². The lowest BCUT2D eigenvalue weighted by molar-refractivity contribution is 0.294. The van der Waals surface area contributed by atoms with Crippen molar-refractivity contribution in [3.05, 3.63) is 0 Å². The van der Waals surface area contributed by atoms with Crippen molar-refractivity contribution in [3.63, 3.8) is 0 Å². The van der Waals surface area contributed by atoms with Crippen LogP contribution in [0.2, 0.25) is 0 Å². The second-order valence-electron chi connectivity index (χ2n) is 4.41. The molecule has 1 fully saturated rings. The number of hydrogen-bond donors (Lipinski definition) is 0. The Morgan fingerprint density at radius 3 is 2.25 bits per heavy atom. The zero-order chi connectivity index (χ0) is 9.61. The molecule has 2 atom stereocenters. The van der Waals surface area contributed by atoms with Gasteiger partial charge < -0.3 is 0 Å². The van der Waals surface area contributed by atoms with Crippen molar-refractivity contribution in [1.82, 2.24) is 0 Å². The van der Waals surface area contributed by atoms with Gasteiger partial charge in [-0.15, -0.1) is 0 Å². The minimum absolute atomic E-state index is 0.716. The molecule has 0 saturated heterocycles. The Hall–Kier alpha value is 0. The van der Waals surface area contributed by atoms with Crippen molar-refractivity contribution in [2.75, 3.05) is 0 Å². The van der Waals surface area contributed by atoms with Crippen molar-refractivity contribution < 1.29 is 0 Å². The highest BCUT2D eigenvalue weighted by Crippen LogP contribution is 2.44. The van der Waals surface area contributed by atoms with E-state index in [1.807, 2.05) is 13.8 Å². The Balaban J connectivity index is 0.000000561. The highest BCUT2D eigenvalue weighted by atomic mass is 14.4. The average Bonchev–Trinajstić information content (AvgIpc) is 2.36. The van der Waals surface area contributed by atoms with Gasteiger partial charge >= 0.3 is 0 Å². The molecular weight excluding hydrogens is 144 g/mol. The third-order valence-electron chi connectivity index (χ3n) is 2.94. The van der Waals surface area contributed by atoms with E-state index in [9.17, 15) is 0 Å². The highest BCUT2D eigenvalue weighted by molar-refractivity contribution is 4.83. The van der Waals surface area contributed by atoms with Crippen LogP contribution >= 0.6 is 0 Å². The van der Waals surface area contributed by atoms with Crippen LogP contribution < -0.4 is 0 Å². The molecule has 1 aliphatic rings. The van der Waals surface area contributed by atoms with Gasteiger partial charge in [-0.3, -0.25) is 0 Å². The third kappa shape index (κ3) is 3.60. The Labute approximate surface area is 78.8 Å². The zero-order valence-electron chi connectivity index (χ0n) is 9.61. The van der Waals surface area contributed by atoms with Gasteiger partial charge in [0, 0.05) is 0 Å². The molecule has 0 bridgehead atoms. The van der Waals surface area contributed by atoms with E-state index in [0.29, 0.717) is 5.41 Å². The molecule has 0 heterocycles. The molecule has 0 aliphatic heterocycles. The van der Waals surface area contributed by atoms with Crippen LogP contribution in [0.1, 0.15) is 66.7 Å². The minimum atomic E-state index is 0.716. The molecule has 0 spiro atoms. The van der Waals surface area contributed by atoms with Crippen LogP contribution in [0, 0.1) is 11.3 Å². The van der Waals surface area contributed by atoms with Gasteiger partial charge in [-0.1, -0.05) is 47.5 Å². The van der Waals surface area contributed by atoms with E-state index < -0.39 is 0 Å². The molecule has 0 amide bonds. The summed E-state index contributed by atoms with van der Waals surface area (Å²) in [4.78, 5) is 0. The maximum absolute atomic E-state index is 2.46. The van der Waals surface area contributed by atoms with E-state index >= 15 is 0 Å². The standard InChI is InChI=1S/C10H20.C2H6/c1-4-6-10(3)7-5-9(2)8-10;1-2/h9H,4-8H2,1-3H3;1-2H3. The van der Waals surface area contributed by atoms with Gasteiger partial charge in [0.05, 0.1) is 0 Å². The first-order valence-electron chi connectivity index (χ1n) is 5.66. The minimum Gasteiger partial charge on any atom is -0.0683 e. The first-order chi connectivity index (χ1) is 5.66. The van der Waals surface area contributed by atoms with E-state index in [-0.39, 0.29) is 0 Å². The number of rotatable bonds is 2. The summed E-state index contributed by atoms with van der Waals surface area (Å²) in [6.45, 7) is 11.1. The van der Waals surface area contributed by atoms with Gasteiger partial charge in [-0.2, -0.15) is 0 Å². The van der Waals surface area contributed by atoms with Gasteiger partial charge in [-0.25, -0.2) is 0 Å². The first kappa shape index (κ1) is 12.0. The molecule has 0 aromatic heterocycles. The summed E-state index contributed by atoms with van der Waals surface area (Å²) in [5.74, 6) is 0.997. The quantitative estimate of drug-likeness (QED) is 0.566. The van der Waals surface area contributed by atoms with Crippen LogP contribution in [0.4, 0.5) is 0 Å². The van der Waals surface area contributed by atoms with E-state index in [2.05, 4.69) is 20.8 Å². The van der Waals surface area contributed by atoms with Crippen molar-refractivity contribution >= 4 is 0 Å². The number of hydrogen-bond acceptors (Lipinski definition) is 0. The molecular formula is C12H26. The second-order valence-corrected chi connectivity index (χ2v) is 4.41. The summed E-state index contributed by atoms with van der Waals surface area (Å²) in [5, 5.41) is 0. The molecule has 0 aromatic rings. The molecule has 0 radical (unpaired) electrons. The van der Waals surface area contributed by atoms with Gasteiger partial charge in [0.25, 0.3) is 0 Å². The molecule has 74 valence electrons. The van der Waals surface area contributed by atoms with Gasteiger partial charge in [0.2, 0.25) is 0 Å². The highest BCUT2D eigenvalue weighted by Gasteiger charge is 2.31. The van der Waals surface area contributed by atoms with Crippen molar-refractivity contribution in [1.29, 1.82) is 0 Å². The van der Waals surface area contributed by atoms with Crippen molar-refractivity contribution in [2.45, 2.75) is 66.7 Å². The second kappa shape index (κ2) is 5.61. The molecule has 1 aliphatic carbocycles. The fourth-order valence-corrected chi connectivity index (χ4v) is 2.47. The van der Waals surface area contributed by atoms with Crippen LogP contribution in [-0.2, 0) is 0 Å². The van der Waals surface area contributed by atoms with Crippen LogP contribution in [0.25, 0.3) is 0 Å². The fraction of sp³-hybridized carbons (Fsp3) is 1.00. The smallest absolute Gasteiger partial charge is 0.0323 e. The van der Waals surface area contributed by atoms with Crippen molar-refractivity contribution in [3.8, 4) is 0 Å². The summed E-state index contributed by atoms with van der Waals surface area (Å²) < 4.78 is 0. The summed E-state index contributed by atoms with van der Waals surface area (Å²) in [6, 6.07) is 0. The SMILES string of the molecule is CC.CCCC1(C)CCC(C)C1. The lowest BCUT2D eigenvalue weighted by Crippen LogP contribution is -2.10. The Morgan fingerprint density at radius 2 is 1.92 bits per heavy atom. The monoisotopic (exact) mass is 170 g/mol. The van der Waals surface area contributed by atoms with Gasteiger partial charge in [-0.05, 0) is 30.6 Å².